The number of carbonyl (C=O) groups is 1. The van der Waals surface area contributed by atoms with Crippen LogP contribution in [-0.4, -0.2) is 11.1 Å². The Balaban J connectivity index is 1.71. The molecule has 1 fully saturated rings. The standard InChI is InChI=1S/C16H20N2O2S/c1-3-5-13-10(4-2)8-14(21-13)16(19)17-15-9-12(20-18-15)11-6-7-11/h8-9,11H,3-7H2,1-2H3,(H,17,18,19). The Hall–Kier alpha value is -1.62. The number of nitrogens with one attached hydrogen (secondary N) is 1. The van der Waals surface area contributed by atoms with E-state index in [0.717, 1.165) is 42.7 Å². The second kappa shape index (κ2) is 6.02. The highest BCUT2D eigenvalue weighted by Gasteiger charge is 2.28. The van der Waals surface area contributed by atoms with Gasteiger partial charge in [-0.25, -0.2) is 0 Å². The topological polar surface area (TPSA) is 55.1 Å². The summed E-state index contributed by atoms with van der Waals surface area (Å²) in [5, 5.41) is 6.76. The maximum atomic E-state index is 12.3. The van der Waals surface area contributed by atoms with E-state index >= 15 is 0 Å². The molecule has 1 aliphatic carbocycles. The maximum Gasteiger partial charge on any atom is 0.266 e. The lowest BCUT2D eigenvalue weighted by atomic mass is 10.1. The first-order valence-electron chi connectivity index (χ1n) is 7.60. The molecule has 1 saturated carbocycles. The van der Waals surface area contributed by atoms with Crippen molar-refractivity contribution >= 4 is 23.1 Å². The fourth-order valence-electron chi connectivity index (χ4n) is 2.40. The van der Waals surface area contributed by atoms with Crippen LogP contribution in [0, 0.1) is 0 Å². The molecule has 4 nitrogen and oxygen atoms in total. The van der Waals surface area contributed by atoms with Gasteiger partial charge in [0.2, 0.25) is 0 Å². The number of carbonyl (C=O) groups excluding carboxylic acids is 1. The van der Waals surface area contributed by atoms with Crippen molar-refractivity contribution in [3.05, 3.63) is 33.2 Å². The molecule has 1 amide bonds. The Bertz CT molecular complexity index is 640. The summed E-state index contributed by atoms with van der Waals surface area (Å²) in [6.07, 6.45) is 5.43. The molecule has 2 aromatic heterocycles. The Morgan fingerprint density at radius 3 is 2.90 bits per heavy atom. The molecule has 0 aromatic carbocycles. The van der Waals surface area contributed by atoms with Crippen LogP contribution >= 0.6 is 11.3 Å². The third-order valence-electron chi connectivity index (χ3n) is 3.73. The molecule has 3 rings (SSSR count). The molecule has 0 radical (unpaired) electrons. The van der Waals surface area contributed by atoms with Crippen molar-refractivity contribution < 1.29 is 9.32 Å². The van der Waals surface area contributed by atoms with E-state index in [-0.39, 0.29) is 5.91 Å². The van der Waals surface area contributed by atoms with Gasteiger partial charge in [0.1, 0.15) is 5.76 Å². The number of hydrogen-bond donors (Lipinski definition) is 1. The third-order valence-corrected chi connectivity index (χ3v) is 4.96. The van der Waals surface area contributed by atoms with Gasteiger partial charge in [-0.1, -0.05) is 25.4 Å². The molecule has 0 aliphatic heterocycles. The minimum absolute atomic E-state index is 0.0901. The highest BCUT2D eigenvalue weighted by atomic mass is 32.1. The summed E-state index contributed by atoms with van der Waals surface area (Å²) in [5.74, 6) is 1.82. The van der Waals surface area contributed by atoms with Gasteiger partial charge in [0, 0.05) is 16.9 Å². The lowest BCUT2D eigenvalue weighted by Crippen LogP contribution is -2.10. The molecular formula is C16H20N2O2S. The first-order chi connectivity index (χ1) is 10.2. The van der Waals surface area contributed by atoms with Gasteiger partial charge >= 0.3 is 0 Å². The van der Waals surface area contributed by atoms with Crippen molar-refractivity contribution in [1.82, 2.24) is 5.16 Å². The van der Waals surface area contributed by atoms with Crippen LogP contribution in [0.1, 0.15) is 64.9 Å². The maximum absolute atomic E-state index is 12.3. The summed E-state index contributed by atoms with van der Waals surface area (Å²) >= 11 is 1.59. The van der Waals surface area contributed by atoms with Crippen molar-refractivity contribution in [3.8, 4) is 0 Å². The van der Waals surface area contributed by atoms with Crippen LogP contribution in [0.25, 0.3) is 0 Å². The highest BCUT2D eigenvalue weighted by molar-refractivity contribution is 7.14. The Morgan fingerprint density at radius 1 is 1.43 bits per heavy atom. The minimum Gasteiger partial charge on any atom is -0.359 e. The first-order valence-corrected chi connectivity index (χ1v) is 8.42. The van der Waals surface area contributed by atoms with Gasteiger partial charge in [0.05, 0.1) is 4.88 Å². The van der Waals surface area contributed by atoms with E-state index in [1.165, 1.54) is 10.4 Å². The zero-order valence-corrected chi connectivity index (χ0v) is 13.3. The van der Waals surface area contributed by atoms with Crippen LogP contribution < -0.4 is 5.32 Å². The molecule has 0 saturated heterocycles. The van der Waals surface area contributed by atoms with E-state index in [4.69, 9.17) is 4.52 Å². The average molecular weight is 304 g/mol. The Kier molecular flexibility index (Phi) is 4.10. The van der Waals surface area contributed by atoms with Crippen molar-refractivity contribution in [2.75, 3.05) is 5.32 Å². The number of aromatic nitrogens is 1. The molecule has 0 spiro atoms. The average Bonchev–Trinajstić information content (AvgIpc) is 3.08. The normalized spacial score (nSPS) is 14.4. The minimum atomic E-state index is -0.0901. The Morgan fingerprint density at radius 2 is 2.24 bits per heavy atom. The molecule has 1 aliphatic rings. The number of amides is 1. The molecule has 0 bridgehead atoms. The number of aryl methyl sites for hydroxylation is 2. The third kappa shape index (κ3) is 3.18. The SMILES string of the molecule is CCCc1sc(C(=O)Nc2cc(C3CC3)on2)cc1CC. The van der Waals surface area contributed by atoms with Crippen LogP contribution in [0.15, 0.2) is 16.7 Å². The molecule has 112 valence electrons. The molecule has 0 unspecified atom stereocenters. The number of nitrogens with zero attached hydrogens (tertiary/aromatic N) is 1. The van der Waals surface area contributed by atoms with Crippen molar-refractivity contribution in [2.24, 2.45) is 0 Å². The quantitative estimate of drug-likeness (QED) is 0.861. The monoisotopic (exact) mass is 304 g/mol. The molecule has 2 aromatic rings. The predicted molar refractivity (Wildman–Crippen MR) is 84.1 cm³/mol. The van der Waals surface area contributed by atoms with Gasteiger partial charge in [-0.05, 0) is 37.3 Å². The largest absolute Gasteiger partial charge is 0.359 e. The van der Waals surface area contributed by atoms with Crippen molar-refractivity contribution in [3.63, 3.8) is 0 Å². The first kappa shape index (κ1) is 14.3. The number of anilines is 1. The van der Waals surface area contributed by atoms with Crippen LogP contribution in [0.4, 0.5) is 5.82 Å². The lowest BCUT2D eigenvalue weighted by molar-refractivity contribution is 0.102. The van der Waals surface area contributed by atoms with E-state index in [9.17, 15) is 4.79 Å². The van der Waals surface area contributed by atoms with Crippen molar-refractivity contribution in [1.29, 1.82) is 0 Å². The van der Waals surface area contributed by atoms with Gasteiger partial charge in [0.25, 0.3) is 5.91 Å². The highest BCUT2D eigenvalue weighted by Crippen LogP contribution is 2.40. The van der Waals surface area contributed by atoms with Crippen LogP contribution in [0.2, 0.25) is 0 Å². The second-order valence-corrected chi connectivity index (χ2v) is 6.64. The van der Waals surface area contributed by atoms with Gasteiger partial charge in [-0.3, -0.25) is 4.79 Å². The molecule has 2 heterocycles. The van der Waals surface area contributed by atoms with Crippen LogP contribution in [0.5, 0.6) is 0 Å². The summed E-state index contributed by atoms with van der Waals surface area (Å²) in [4.78, 5) is 14.4. The van der Waals surface area contributed by atoms with E-state index < -0.39 is 0 Å². The van der Waals surface area contributed by atoms with Gasteiger partial charge in [-0.15, -0.1) is 11.3 Å². The molecular weight excluding hydrogens is 284 g/mol. The molecule has 0 atom stereocenters. The Labute approximate surface area is 128 Å². The summed E-state index contributed by atoms with van der Waals surface area (Å²) in [6, 6.07) is 3.85. The van der Waals surface area contributed by atoms with E-state index in [2.05, 4.69) is 24.3 Å². The number of hydrogen-bond acceptors (Lipinski definition) is 4. The zero-order valence-electron chi connectivity index (χ0n) is 12.4. The lowest BCUT2D eigenvalue weighted by Gasteiger charge is -1.97. The molecule has 1 N–H and O–H groups in total. The predicted octanol–water partition coefficient (Wildman–Crippen LogP) is 4.38. The summed E-state index contributed by atoms with van der Waals surface area (Å²) in [7, 11) is 0. The zero-order chi connectivity index (χ0) is 14.8. The molecule has 5 heteroatoms. The van der Waals surface area contributed by atoms with Gasteiger partial charge in [0.15, 0.2) is 5.82 Å². The van der Waals surface area contributed by atoms with Gasteiger partial charge < -0.3 is 9.84 Å². The summed E-state index contributed by atoms with van der Waals surface area (Å²) in [5.41, 5.74) is 1.28. The summed E-state index contributed by atoms with van der Waals surface area (Å²) < 4.78 is 5.25. The number of thiophene rings is 1. The summed E-state index contributed by atoms with van der Waals surface area (Å²) in [6.45, 7) is 4.29. The van der Waals surface area contributed by atoms with Crippen molar-refractivity contribution in [2.45, 2.75) is 51.9 Å². The number of rotatable bonds is 6. The van der Waals surface area contributed by atoms with E-state index in [1.54, 1.807) is 11.3 Å². The van der Waals surface area contributed by atoms with E-state index in [1.807, 2.05) is 12.1 Å². The fourth-order valence-corrected chi connectivity index (χ4v) is 3.65. The van der Waals surface area contributed by atoms with Crippen LogP contribution in [-0.2, 0) is 12.8 Å². The second-order valence-electron chi connectivity index (χ2n) is 5.51. The fraction of sp³-hybridized carbons (Fsp3) is 0.500. The molecule has 21 heavy (non-hydrogen) atoms. The smallest absolute Gasteiger partial charge is 0.266 e. The van der Waals surface area contributed by atoms with Gasteiger partial charge in [-0.2, -0.15) is 0 Å². The van der Waals surface area contributed by atoms with Crippen LogP contribution in [0.3, 0.4) is 0 Å². The van der Waals surface area contributed by atoms with E-state index in [0.29, 0.717) is 11.7 Å².